The molecule has 0 aliphatic rings. The lowest BCUT2D eigenvalue weighted by Crippen LogP contribution is -2.38. The van der Waals surface area contributed by atoms with Crippen molar-refractivity contribution in [2.24, 2.45) is 0 Å². The molecule has 0 saturated heterocycles. The molecule has 1 aromatic carbocycles. The molecule has 0 aliphatic heterocycles. The van der Waals surface area contributed by atoms with Gasteiger partial charge in [-0.3, -0.25) is 0 Å². The first-order valence-corrected chi connectivity index (χ1v) is 6.61. The standard InChI is InChI=1S/C15H25NO2/c1-4-14(16-10-15(17)11-18-3)9-13-7-5-12(2)6-8-13/h5-8,14-17H,4,9-11H2,1-3H3. The zero-order chi connectivity index (χ0) is 13.4. The molecule has 2 unspecified atom stereocenters. The molecule has 18 heavy (non-hydrogen) atoms. The van der Waals surface area contributed by atoms with Gasteiger partial charge >= 0.3 is 0 Å². The van der Waals surface area contributed by atoms with E-state index in [0.29, 0.717) is 19.2 Å². The van der Waals surface area contributed by atoms with E-state index in [1.165, 1.54) is 11.1 Å². The fourth-order valence-electron chi connectivity index (χ4n) is 1.92. The summed E-state index contributed by atoms with van der Waals surface area (Å²) in [5, 5.41) is 13.0. The van der Waals surface area contributed by atoms with Crippen LogP contribution in [0.15, 0.2) is 24.3 Å². The van der Waals surface area contributed by atoms with E-state index in [-0.39, 0.29) is 0 Å². The van der Waals surface area contributed by atoms with E-state index in [1.807, 2.05) is 0 Å². The van der Waals surface area contributed by atoms with Gasteiger partial charge in [-0.25, -0.2) is 0 Å². The van der Waals surface area contributed by atoms with Gasteiger partial charge in [0.15, 0.2) is 0 Å². The predicted molar refractivity (Wildman–Crippen MR) is 74.8 cm³/mol. The third-order valence-electron chi connectivity index (χ3n) is 3.10. The van der Waals surface area contributed by atoms with Crippen LogP contribution in [0.1, 0.15) is 24.5 Å². The first-order valence-electron chi connectivity index (χ1n) is 6.61. The fourth-order valence-corrected chi connectivity index (χ4v) is 1.92. The van der Waals surface area contributed by atoms with Crippen molar-refractivity contribution in [1.82, 2.24) is 5.32 Å². The van der Waals surface area contributed by atoms with E-state index in [0.717, 1.165) is 12.8 Å². The van der Waals surface area contributed by atoms with Crippen molar-refractivity contribution >= 4 is 0 Å². The summed E-state index contributed by atoms with van der Waals surface area (Å²) in [7, 11) is 1.60. The molecule has 3 nitrogen and oxygen atoms in total. The van der Waals surface area contributed by atoms with Gasteiger partial charge in [0.25, 0.3) is 0 Å². The van der Waals surface area contributed by atoms with Gasteiger partial charge in [0.1, 0.15) is 0 Å². The van der Waals surface area contributed by atoms with E-state index in [9.17, 15) is 5.11 Å². The maximum atomic E-state index is 9.61. The molecule has 0 aromatic heterocycles. The van der Waals surface area contributed by atoms with Gasteiger partial charge in [0.05, 0.1) is 12.7 Å². The second-order valence-corrected chi connectivity index (χ2v) is 4.81. The molecule has 0 fully saturated rings. The third-order valence-corrected chi connectivity index (χ3v) is 3.10. The molecular weight excluding hydrogens is 226 g/mol. The van der Waals surface area contributed by atoms with Crippen molar-refractivity contribution in [3.8, 4) is 0 Å². The van der Waals surface area contributed by atoms with E-state index in [4.69, 9.17) is 4.74 Å². The monoisotopic (exact) mass is 251 g/mol. The Hall–Kier alpha value is -0.900. The molecule has 2 N–H and O–H groups in total. The highest BCUT2D eigenvalue weighted by Crippen LogP contribution is 2.08. The number of aliphatic hydroxyl groups is 1. The second-order valence-electron chi connectivity index (χ2n) is 4.81. The number of methoxy groups -OCH3 is 1. The van der Waals surface area contributed by atoms with Crippen LogP contribution in [0.5, 0.6) is 0 Å². The van der Waals surface area contributed by atoms with Crippen LogP contribution >= 0.6 is 0 Å². The van der Waals surface area contributed by atoms with Crippen molar-refractivity contribution in [2.45, 2.75) is 38.8 Å². The van der Waals surface area contributed by atoms with Crippen LogP contribution in [0.3, 0.4) is 0 Å². The van der Waals surface area contributed by atoms with Crippen molar-refractivity contribution in [2.75, 3.05) is 20.3 Å². The Morgan fingerprint density at radius 3 is 2.50 bits per heavy atom. The number of rotatable bonds is 8. The molecule has 0 bridgehead atoms. The Labute approximate surface area is 110 Å². The van der Waals surface area contributed by atoms with Gasteiger partial charge in [-0.1, -0.05) is 36.8 Å². The zero-order valence-electron chi connectivity index (χ0n) is 11.6. The largest absolute Gasteiger partial charge is 0.389 e. The third kappa shape index (κ3) is 5.63. The minimum atomic E-state index is -0.429. The molecule has 0 aliphatic carbocycles. The van der Waals surface area contributed by atoms with E-state index < -0.39 is 6.10 Å². The fraction of sp³-hybridized carbons (Fsp3) is 0.600. The van der Waals surface area contributed by atoms with Crippen LogP contribution in [-0.2, 0) is 11.2 Å². The Balaban J connectivity index is 2.39. The Morgan fingerprint density at radius 2 is 1.94 bits per heavy atom. The number of aryl methyl sites for hydroxylation is 1. The molecule has 0 spiro atoms. The van der Waals surface area contributed by atoms with Gasteiger partial charge in [-0.15, -0.1) is 0 Å². The summed E-state index contributed by atoms with van der Waals surface area (Å²) in [6.07, 6.45) is 1.62. The first-order chi connectivity index (χ1) is 8.65. The molecule has 0 heterocycles. The number of hydrogen-bond acceptors (Lipinski definition) is 3. The molecule has 0 saturated carbocycles. The van der Waals surface area contributed by atoms with Crippen molar-refractivity contribution in [3.63, 3.8) is 0 Å². The minimum absolute atomic E-state index is 0.383. The SMILES string of the molecule is CCC(Cc1ccc(C)cc1)NCC(O)COC. The maximum Gasteiger partial charge on any atom is 0.0897 e. The lowest BCUT2D eigenvalue weighted by molar-refractivity contribution is 0.0626. The van der Waals surface area contributed by atoms with Gasteiger partial charge in [-0.05, 0) is 25.3 Å². The highest BCUT2D eigenvalue weighted by Gasteiger charge is 2.09. The van der Waals surface area contributed by atoms with Crippen molar-refractivity contribution in [1.29, 1.82) is 0 Å². The van der Waals surface area contributed by atoms with Crippen molar-refractivity contribution < 1.29 is 9.84 Å². The van der Waals surface area contributed by atoms with Gasteiger partial charge < -0.3 is 15.2 Å². The summed E-state index contributed by atoms with van der Waals surface area (Å²) >= 11 is 0. The molecule has 102 valence electrons. The Morgan fingerprint density at radius 1 is 1.28 bits per heavy atom. The summed E-state index contributed by atoms with van der Waals surface area (Å²) in [6, 6.07) is 9.03. The van der Waals surface area contributed by atoms with E-state index >= 15 is 0 Å². The van der Waals surface area contributed by atoms with Crippen molar-refractivity contribution in [3.05, 3.63) is 35.4 Å². The maximum absolute atomic E-state index is 9.61. The highest BCUT2D eigenvalue weighted by molar-refractivity contribution is 5.22. The van der Waals surface area contributed by atoms with Crippen LogP contribution in [0.4, 0.5) is 0 Å². The molecule has 2 atom stereocenters. The molecule has 0 amide bonds. The van der Waals surface area contributed by atoms with E-state index in [2.05, 4.69) is 43.4 Å². The van der Waals surface area contributed by atoms with Crippen LogP contribution < -0.4 is 5.32 Å². The number of aliphatic hydroxyl groups excluding tert-OH is 1. The van der Waals surface area contributed by atoms with Crippen LogP contribution in [0.25, 0.3) is 0 Å². The van der Waals surface area contributed by atoms with Gasteiger partial charge in [0, 0.05) is 19.7 Å². The Bertz CT molecular complexity index is 324. The smallest absolute Gasteiger partial charge is 0.0897 e. The van der Waals surface area contributed by atoms with Crippen LogP contribution in [0.2, 0.25) is 0 Å². The summed E-state index contributed by atoms with van der Waals surface area (Å²) in [6.45, 7) is 5.22. The lowest BCUT2D eigenvalue weighted by Gasteiger charge is -2.19. The summed E-state index contributed by atoms with van der Waals surface area (Å²) in [5.41, 5.74) is 2.62. The number of hydrogen-bond donors (Lipinski definition) is 2. The van der Waals surface area contributed by atoms with Gasteiger partial charge in [0.2, 0.25) is 0 Å². The topological polar surface area (TPSA) is 41.5 Å². The second kappa shape index (κ2) is 8.25. The number of benzene rings is 1. The normalized spacial score (nSPS) is 14.4. The lowest BCUT2D eigenvalue weighted by atomic mass is 10.0. The molecule has 1 aromatic rings. The predicted octanol–water partition coefficient (Wildman–Crippen LogP) is 1.91. The first kappa shape index (κ1) is 15.2. The average molecular weight is 251 g/mol. The summed E-state index contributed by atoms with van der Waals surface area (Å²) in [4.78, 5) is 0. The summed E-state index contributed by atoms with van der Waals surface area (Å²) in [5.74, 6) is 0. The quantitative estimate of drug-likeness (QED) is 0.741. The molecule has 0 radical (unpaired) electrons. The van der Waals surface area contributed by atoms with Crippen LogP contribution in [-0.4, -0.2) is 37.5 Å². The number of ether oxygens (including phenoxy) is 1. The minimum Gasteiger partial charge on any atom is -0.389 e. The average Bonchev–Trinajstić information content (AvgIpc) is 2.37. The number of nitrogens with one attached hydrogen (secondary N) is 1. The van der Waals surface area contributed by atoms with Gasteiger partial charge in [-0.2, -0.15) is 0 Å². The highest BCUT2D eigenvalue weighted by atomic mass is 16.5. The summed E-state index contributed by atoms with van der Waals surface area (Å²) < 4.78 is 4.91. The molecular formula is C15H25NO2. The molecule has 3 heteroatoms. The Kier molecular flexibility index (Phi) is 6.94. The molecule has 1 rings (SSSR count). The zero-order valence-corrected chi connectivity index (χ0v) is 11.6. The van der Waals surface area contributed by atoms with E-state index in [1.54, 1.807) is 7.11 Å². The van der Waals surface area contributed by atoms with Crippen LogP contribution in [0, 0.1) is 6.92 Å².